The fourth-order valence-electron chi connectivity index (χ4n) is 2.77. The van der Waals surface area contributed by atoms with Crippen LogP contribution in [0.5, 0.6) is 5.75 Å². The van der Waals surface area contributed by atoms with Gasteiger partial charge in [-0.1, -0.05) is 0 Å². The Kier molecular flexibility index (Phi) is 8.32. The lowest BCUT2D eigenvalue weighted by Crippen LogP contribution is -2.48. The molecule has 2 N–H and O–H groups in total. The maximum atomic E-state index is 9.23. The Bertz CT molecular complexity index is 445. The van der Waals surface area contributed by atoms with E-state index in [-0.39, 0.29) is 6.10 Å². The van der Waals surface area contributed by atoms with Crippen molar-refractivity contribution in [1.82, 2.24) is 10.2 Å². The van der Waals surface area contributed by atoms with Gasteiger partial charge < -0.3 is 24.8 Å². The van der Waals surface area contributed by atoms with E-state index in [0.717, 1.165) is 45.0 Å². The van der Waals surface area contributed by atoms with Crippen LogP contribution in [0.25, 0.3) is 0 Å². The number of nitrogens with one attached hydrogen (secondary N) is 1. The van der Waals surface area contributed by atoms with Gasteiger partial charge in [-0.25, -0.2) is 0 Å². The third kappa shape index (κ3) is 6.65. The van der Waals surface area contributed by atoms with Crippen molar-refractivity contribution < 1.29 is 14.6 Å². The molecule has 0 saturated carbocycles. The number of benzene rings is 1. The summed E-state index contributed by atoms with van der Waals surface area (Å²) in [5.74, 6) is 0.888. The zero-order valence-electron chi connectivity index (χ0n) is 14.9. The SMILES string of the molecule is COCCOc1ccc(N2CCN(CCNCC(C)O)CC2)cc1. The Morgan fingerprint density at radius 2 is 1.83 bits per heavy atom. The maximum Gasteiger partial charge on any atom is 0.119 e. The molecule has 6 nitrogen and oxygen atoms in total. The quantitative estimate of drug-likeness (QED) is 0.616. The van der Waals surface area contributed by atoms with Crippen molar-refractivity contribution in [2.45, 2.75) is 13.0 Å². The number of aliphatic hydroxyl groups is 1. The zero-order chi connectivity index (χ0) is 17.2. The van der Waals surface area contributed by atoms with Crippen molar-refractivity contribution in [3.8, 4) is 5.75 Å². The van der Waals surface area contributed by atoms with Crippen LogP contribution >= 0.6 is 0 Å². The molecule has 1 unspecified atom stereocenters. The molecule has 24 heavy (non-hydrogen) atoms. The molecular weight excluding hydrogens is 306 g/mol. The van der Waals surface area contributed by atoms with Crippen LogP contribution in [0.2, 0.25) is 0 Å². The van der Waals surface area contributed by atoms with E-state index in [4.69, 9.17) is 9.47 Å². The molecule has 1 aromatic carbocycles. The number of ether oxygens (including phenoxy) is 2. The molecule has 0 bridgehead atoms. The summed E-state index contributed by atoms with van der Waals surface area (Å²) >= 11 is 0. The highest BCUT2D eigenvalue weighted by Gasteiger charge is 2.16. The summed E-state index contributed by atoms with van der Waals surface area (Å²) in [6.07, 6.45) is -0.275. The van der Waals surface area contributed by atoms with Crippen LogP contribution < -0.4 is 15.0 Å². The van der Waals surface area contributed by atoms with E-state index >= 15 is 0 Å². The molecule has 0 aliphatic carbocycles. The molecule has 0 aromatic heterocycles. The number of nitrogens with zero attached hydrogens (tertiary/aromatic N) is 2. The summed E-state index contributed by atoms with van der Waals surface area (Å²) < 4.78 is 10.6. The van der Waals surface area contributed by atoms with Gasteiger partial charge in [0.1, 0.15) is 12.4 Å². The van der Waals surface area contributed by atoms with Gasteiger partial charge in [-0.3, -0.25) is 4.90 Å². The molecule has 1 saturated heterocycles. The Balaban J connectivity index is 1.68. The Morgan fingerprint density at radius 3 is 2.46 bits per heavy atom. The van der Waals surface area contributed by atoms with Gasteiger partial charge in [0, 0.05) is 58.6 Å². The standard InChI is InChI=1S/C18H31N3O3/c1-16(22)15-19-7-8-20-9-11-21(12-10-20)17-3-5-18(6-4-17)24-14-13-23-2/h3-6,16,19,22H,7-15H2,1-2H3. The van der Waals surface area contributed by atoms with Crippen molar-refractivity contribution in [2.75, 3.05) is 71.0 Å². The highest BCUT2D eigenvalue weighted by atomic mass is 16.5. The fraction of sp³-hybridized carbons (Fsp3) is 0.667. The van der Waals surface area contributed by atoms with Crippen LogP contribution in [0, 0.1) is 0 Å². The Morgan fingerprint density at radius 1 is 1.12 bits per heavy atom. The van der Waals surface area contributed by atoms with Gasteiger partial charge >= 0.3 is 0 Å². The molecule has 1 fully saturated rings. The molecule has 136 valence electrons. The molecule has 1 atom stereocenters. The zero-order valence-corrected chi connectivity index (χ0v) is 14.9. The summed E-state index contributed by atoms with van der Waals surface area (Å²) in [7, 11) is 1.68. The van der Waals surface area contributed by atoms with E-state index in [2.05, 4.69) is 27.2 Å². The van der Waals surface area contributed by atoms with Crippen LogP contribution in [0.4, 0.5) is 5.69 Å². The lowest BCUT2D eigenvalue weighted by atomic mass is 10.2. The summed E-state index contributed by atoms with van der Waals surface area (Å²) in [4.78, 5) is 4.88. The minimum Gasteiger partial charge on any atom is -0.491 e. The lowest BCUT2D eigenvalue weighted by Gasteiger charge is -2.36. The smallest absolute Gasteiger partial charge is 0.119 e. The number of hydrogen-bond acceptors (Lipinski definition) is 6. The highest BCUT2D eigenvalue weighted by molar-refractivity contribution is 5.49. The number of anilines is 1. The van der Waals surface area contributed by atoms with Gasteiger partial charge in [0.2, 0.25) is 0 Å². The number of hydrogen-bond donors (Lipinski definition) is 2. The van der Waals surface area contributed by atoms with Crippen molar-refractivity contribution in [2.24, 2.45) is 0 Å². The lowest BCUT2D eigenvalue weighted by molar-refractivity contribution is 0.146. The van der Waals surface area contributed by atoms with Crippen molar-refractivity contribution in [1.29, 1.82) is 0 Å². The van der Waals surface area contributed by atoms with Gasteiger partial charge in [0.15, 0.2) is 0 Å². The fourth-order valence-corrected chi connectivity index (χ4v) is 2.77. The largest absolute Gasteiger partial charge is 0.491 e. The second-order valence-electron chi connectivity index (χ2n) is 6.22. The number of piperazine rings is 1. The van der Waals surface area contributed by atoms with E-state index in [1.54, 1.807) is 14.0 Å². The van der Waals surface area contributed by atoms with Crippen LogP contribution in [-0.2, 0) is 4.74 Å². The summed E-state index contributed by atoms with van der Waals surface area (Å²) in [6.45, 7) is 9.85. The van der Waals surface area contributed by atoms with Gasteiger partial charge in [-0.05, 0) is 31.2 Å². The first-order chi connectivity index (χ1) is 11.7. The topological polar surface area (TPSA) is 57.2 Å². The molecule has 2 rings (SSSR count). The molecule has 1 aliphatic rings. The third-order valence-corrected chi connectivity index (χ3v) is 4.17. The molecule has 1 heterocycles. The van der Waals surface area contributed by atoms with Gasteiger partial charge in [0.25, 0.3) is 0 Å². The normalized spacial score (nSPS) is 17.0. The number of aliphatic hydroxyl groups excluding tert-OH is 1. The number of methoxy groups -OCH3 is 1. The van der Waals surface area contributed by atoms with Gasteiger partial charge in [-0.2, -0.15) is 0 Å². The molecule has 0 spiro atoms. The highest BCUT2D eigenvalue weighted by Crippen LogP contribution is 2.20. The first-order valence-corrected chi connectivity index (χ1v) is 8.77. The molecule has 0 radical (unpaired) electrons. The first kappa shape index (κ1) is 19.0. The summed E-state index contributed by atoms with van der Waals surface area (Å²) in [5.41, 5.74) is 1.25. The van der Waals surface area contributed by atoms with Gasteiger partial charge in [0.05, 0.1) is 12.7 Å². The molecular formula is C18H31N3O3. The van der Waals surface area contributed by atoms with E-state index in [1.165, 1.54) is 5.69 Å². The second-order valence-corrected chi connectivity index (χ2v) is 6.22. The third-order valence-electron chi connectivity index (χ3n) is 4.17. The van der Waals surface area contributed by atoms with Crippen LogP contribution in [-0.4, -0.2) is 82.2 Å². The predicted molar refractivity (Wildman–Crippen MR) is 97.0 cm³/mol. The second kappa shape index (κ2) is 10.5. The van der Waals surface area contributed by atoms with Gasteiger partial charge in [-0.15, -0.1) is 0 Å². The van der Waals surface area contributed by atoms with E-state index in [9.17, 15) is 5.11 Å². The van der Waals surface area contributed by atoms with Crippen LogP contribution in [0.15, 0.2) is 24.3 Å². The summed E-state index contributed by atoms with van der Waals surface area (Å²) in [5, 5.41) is 12.5. The summed E-state index contributed by atoms with van der Waals surface area (Å²) in [6, 6.07) is 8.30. The van der Waals surface area contributed by atoms with Crippen molar-refractivity contribution in [3.05, 3.63) is 24.3 Å². The van der Waals surface area contributed by atoms with Crippen LogP contribution in [0.3, 0.4) is 0 Å². The molecule has 0 amide bonds. The van der Waals surface area contributed by atoms with E-state index in [0.29, 0.717) is 19.8 Å². The Labute approximate surface area is 145 Å². The van der Waals surface area contributed by atoms with Crippen molar-refractivity contribution >= 4 is 5.69 Å². The average molecular weight is 337 g/mol. The maximum absolute atomic E-state index is 9.23. The van der Waals surface area contributed by atoms with E-state index < -0.39 is 0 Å². The number of rotatable bonds is 10. The average Bonchev–Trinajstić information content (AvgIpc) is 2.60. The first-order valence-electron chi connectivity index (χ1n) is 8.77. The molecule has 6 heteroatoms. The molecule has 1 aromatic rings. The minimum atomic E-state index is -0.275. The van der Waals surface area contributed by atoms with Crippen molar-refractivity contribution in [3.63, 3.8) is 0 Å². The predicted octanol–water partition coefficient (Wildman–Crippen LogP) is 0.804. The monoisotopic (exact) mass is 337 g/mol. The molecule has 1 aliphatic heterocycles. The minimum absolute atomic E-state index is 0.275. The van der Waals surface area contributed by atoms with Crippen LogP contribution in [0.1, 0.15) is 6.92 Å². The Hall–Kier alpha value is -1.34. The van der Waals surface area contributed by atoms with E-state index in [1.807, 2.05) is 12.1 Å².